The molecule has 0 saturated heterocycles. The second-order valence-corrected chi connectivity index (χ2v) is 6.42. The minimum Gasteiger partial charge on any atom is -0.356 e. The summed E-state index contributed by atoms with van der Waals surface area (Å²) in [5.41, 5.74) is 3.30. The third-order valence-corrected chi connectivity index (χ3v) is 4.26. The molecule has 1 heterocycles. The maximum absolute atomic E-state index is 5.33. The number of aryl methyl sites for hydroxylation is 1. The zero-order chi connectivity index (χ0) is 15.2. The summed E-state index contributed by atoms with van der Waals surface area (Å²) < 4.78 is 5.33. The highest BCUT2D eigenvalue weighted by atomic mass is 16.5. The fraction of sp³-hybridized carbons (Fsp3) is 0.250. The Morgan fingerprint density at radius 1 is 1.05 bits per heavy atom. The van der Waals surface area contributed by atoms with Gasteiger partial charge in [0.15, 0.2) is 5.76 Å². The first kappa shape index (κ1) is 13.2. The lowest BCUT2D eigenvalue weighted by Gasteiger charge is -2.02. The highest BCUT2D eigenvalue weighted by Crippen LogP contribution is 2.44. The summed E-state index contributed by atoms with van der Waals surface area (Å²) in [6.45, 7) is 4.16. The van der Waals surface area contributed by atoms with Crippen LogP contribution in [0.3, 0.4) is 0 Å². The second kappa shape index (κ2) is 4.74. The Morgan fingerprint density at radius 2 is 1.82 bits per heavy atom. The van der Waals surface area contributed by atoms with E-state index in [9.17, 15) is 0 Å². The molecule has 0 aliphatic heterocycles. The minimum absolute atomic E-state index is 0.267. The van der Waals surface area contributed by atoms with E-state index in [0.717, 1.165) is 22.6 Å². The molecule has 3 aromatic rings. The summed E-state index contributed by atoms with van der Waals surface area (Å²) in [7, 11) is 0. The zero-order valence-corrected chi connectivity index (χ0v) is 12.8. The fourth-order valence-electron chi connectivity index (χ4n) is 2.51. The van der Waals surface area contributed by atoms with Crippen molar-refractivity contribution in [1.82, 2.24) is 5.16 Å². The minimum atomic E-state index is 0.267. The van der Waals surface area contributed by atoms with E-state index < -0.39 is 0 Å². The number of hydrogen-bond donors (Lipinski definition) is 0. The summed E-state index contributed by atoms with van der Waals surface area (Å²) in [5.74, 6) is 7.50. The molecule has 1 aliphatic rings. The van der Waals surface area contributed by atoms with Crippen LogP contribution in [0.25, 0.3) is 22.1 Å². The Labute approximate surface area is 130 Å². The molecule has 0 N–H and O–H groups in total. The van der Waals surface area contributed by atoms with Crippen molar-refractivity contribution < 1.29 is 4.52 Å². The number of benzene rings is 2. The molecule has 1 aromatic heterocycles. The van der Waals surface area contributed by atoms with Crippen LogP contribution in [-0.2, 0) is 0 Å². The van der Waals surface area contributed by atoms with Crippen molar-refractivity contribution in [3.05, 3.63) is 53.7 Å². The second-order valence-electron chi connectivity index (χ2n) is 6.42. The number of hydrogen-bond acceptors (Lipinski definition) is 2. The van der Waals surface area contributed by atoms with Crippen LogP contribution in [0.15, 0.2) is 47.0 Å². The van der Waals surface area contributed by atoms with E-state index >= 15 is 0 Å². The van der Waals surface area contributed by atoms with Crippen LogP contribution in [-0.4, -0.2) is 5.16 Å². The first-order chi connectivity index (χ1) is 10.6. The molecule has 0 amide bonds. The van der Waals surface area contributed by atoms with Gasteiger partial charge in [0, 0.05) is 22.6 Å². The highest BCUT2D eigenvalue weighted by Gasteiger charge is 2.35. The lowest BCUT2D eigenvalue weighted by atomic mass is 10.0. The largest absolute Gasteiger partial charge is 0.356 e. The van der Waals surface area contributed by atoms with E-state index in [2.05, 4.69) is 60.3 Å². The first-order valence-corrected chi connectivity index (χ1v) is 7.62. The molecule has 1 saturated carbocycles. The van der Waals surface area contributed by atoms with Crippen LogP contribution in [0.1, 0.15) is 31.0 Å². The predicted molar refractivity (Wildman–Crippen MR) is 88.4 cm³/mol. The third kappa shape index (κ3) is 2.51. The van der Waals surface area contributed by atoms with Gasteiger partial charge in [-0.05, 0) is 55.7 Å². The monoisotopic (exact) mass is 287 g/mol. The Bertz CT molecular complexity index is 920. The number of fused-ring (bicyclic) bond motifs is 1. The van der Waals surface area contributed by atoms with Gasteiger partial charge in [0.25, 0.3) is 0 Å². The summed E-state index contributed by atoms with van der Waals surface area (Å²) in [5, 5.41) is 6.34. The summed E-state index contributed by atoms with van der Waals surface area (Å²) in [4.78, 5) is 0. The predicted octanol–water partition coefficient (Wildman–Crippen LogP) is 4.95. The van der Waals surface area contributed by atoms with Crippen molar-refractivity contribution in [2.24, 2.45) is 5.41 Å². The van der Waals surface area contributed by atoms with Crippen LogP contribution in [0, 0.1) is 24.2 Å². The van der Waals surface area contributed by atoms with Gasteiger partial charge in [-0.25, -0.2) is 0 Å². The zero-order valence-electron chi connectivity index (χ0n) is 12.8. The van der Waals surface area contributed by atoms with Crippen LogP contribution < -0.4 is 0 Å². The summed E-state index contributed by atoms with van der Waals surface area (Å²) in [6, 6.07) is 14.7. The number of rotatable bonds is 1. The first-order valence-electron chi connectivity index (χ1n) is 7.62. The molecule has 108 valence electrons. The van der Waals surface area contributed by atoms with E-state index in [4.69, 9.17) is 4.52 Å². The van der Waals surface area contributed by atoms with Crippen molar-refractivity contribution >= 4 is 10.8 Å². The van der Waals surface area contributed by atoms with Crippen LogP contribution >= 0.6 is 0 Å². The maximum atomic E-state index is 5.33. The average molecular weight is 287 g/mol. The van der Waals surface area contributed by atoms with Gasteiger partial charge in [-0.3, -0.25) is 0 Å². The van der Waals surface area contributed by atoms with Gasteiger partial charge in [0.2, 0.25) is 0 Å². The quantitative estimate of drug-likeness (QED) is 0.591. The van der Waals surface area contributed by atoms with Crippen LogP contribution in [0.5, 0.6) is 0 Å². The van der Waals surface area contributed by atoms with E-state index in [1.807, 2.05) is 13.0 Å². The van der Waals surface area contributed by atoms with Gasteiger partial charge in [0.1, 0.15) is 0 Å². The standard InChI is InChI=1S/C20H17NO/c1-14-11-19(22-21-14)18-6-5-16-12-15(3-4-17(16)13-18)7-8-20(2)9-10-20/h3-6,11-13H,9-10H2,1-2H3. The Kier molecular flexibility index (Phi) is 2.84. The number of nitrogens with zero attached hydrogens (tertiary/aromatic N) is 1. The van der Waals surface area contributed by atoms with Gasteiger partial charge >= 0.3 is 0 Å². The normalized spacial score (nSPS) is 15.4. The SMILES string of the molecule is Cc1cc(-c2ccc3cc(C#CC4(C)CC4)ccc3c2)on1. The molecule has 0 atom stereocenters. The van der Waals surface area contributed by atoms with E-state index in [0.29, 0.717) is 0 Å². The van der Waals surface area contributed by atoms with Crippen molar-refractivity contribution in [3.63, 3.8) is 0 Å². The maximum Gasteiger partial charge on any atom is 0.167 e. The van der Waals surface area contributed by atoms with Gasteiger partial charge < -0.3 is 4.52 Å². The van der Waals surface area contributed by atoms with Gasteiger partial charge in [0.05, 0.1) is 5.69 Å². The average Bonchev–Trinajstić information content (AvgIpc) is 3.11. The third-order valence-electron chi connectivity index (χ3n) is 4.26. The highest BCUT2D eigenvalue weighted by molar-refractivity contribution is 5.87. The molecule has 0 bridgehead atoms. The molecule has 2 aromatic carbocycles. The van der Waals surface area contributed by atoms with Crippen molar-refractivity contribution in [2.45, 2.75) is 26.7 Å². The molecule has 1 fully saturated rings. The molecule has 1 aliphatic carbocycles. The molecule has 4 rings (SSSR count). The van der Waals surface area contributed by atoms with Gasteiger partial charge in [-0.1, -0.05) is 35.2 Å². The van der Waals surface area contributed by atoms with Crippen LogP contribution in [0.4, 0.5) is 0 Å². The number of aromatic nitrogens is 1. The molecule has 0 spiro atoms. The molecule has 22 heavy (non-hydrogen) atoms. The molecule has 0 radical (unpaired) electrons. The summed E-state index contributed by atoms with van der Waals surface area (Å²) in [6.07, 6.45) is 2.46. The Balaban J connectivity index is 1.71. The Morgan fingerprint density at radius 3 is 2.55 bits per heavy atom. The lowest BCUT2D eigenvalue weighted by Crippen LogP contribution is -1.85. The molecular formula is C20H17NO. The molecule has 2 heteroatoms. The van der Waals surface area contributed by atoms with E-state index in [-0.39, 0.29) is 5.41 Å². The van der Waals surface area contributed by atoms with E-state index in [1.165, 1.54) is 23.6 Å². The van der Waals surface area contributed by atoms with Crippen molar-refractivity contribution in [3.8, 4) is 23.2 Å². The van der Waals surface area contributed by atoms with Gasteiger partial charge in [-0.15, -0.1) is 0 Å². The molecular weight excluding hydrogens is 270 g/mol. The van der Waals surface area contributed by atoms with Crippen molar-refractivity contribution in [1.29, 1.82) is 0 Å². The Hall–Kier alpha value is -2.53. The summed E-state index contributed by atoms with van der Waals surface area (Å²) >= 11 is 0. The topological polar surface area (TPSA) is 26.0 Å². The smallest absolute Gasteiger partial charge is 0.167 e. The fourth-order valence-corrected chi connectivity index (χ4v) is 2.51. The lowest BCUT2D eigenvalue weighted by molar-refractivity contribution is 0.427. The van der Waals surface area contributed by atoms with Crippen molar-refractivity contribution in [2.75, 3.05) is 0 Å². The molecule has 2 nitrogen and oxygen atoms in total. The molecule has 0 unspecified atom stereocenters. The van der Waals surface area contributed by atoms with E-state index in [1.54, 1.807) is 0 Å². The van der Waals surface area contributed by atoms with Crippen LogP contribution in [0.2, 0.25) is 0 Å². The van der Waals surface area contributed by atoms with Gasteiger partial charge in [-0.2, -0.15) is 0 Å².